The van der Waals surface area contributed by atoms with E-state index in [0.717, 1.165) is 10.0 Å². The van der Waals surface area contributed by atoms with E-state index in [1.54, 1.807) is 19.2 Å². The van der Waals surface area contributed by atoms with Crippen LogP contribution in [0.15, 0.2) is 40.9 Å². The van der Waals surface area contributed by atoms with Crippen LogP contribution in [0, 0.1) is 0 Å². The van der Waals surface area contributed by atoms with Gasteiger partial charge in [-0.1, -0.05) is 33.6 Å². The lowest BCUT2D eigenvalue weighted by Crippen LogP contribution is -2.08. The summed E-state index contributed by atoms with van der Waals surface area (Å²) in [6.45, 7) is 1.88. The highest BCUT2D eigenvalue weighted by Crippen LogP contribution is 2.38. The van der Waals surface area contributed by atoms with E-state index in [9.17, 15) is 0 Å². The van der Waals surface area contributed by atoms with Crippen molar-refractivity contribution in [2.75, 3.05) is 7.11 Å². The van der Waals surface area contributed by atoms with Crippen LogP contribution in [0.3, 0.4) is 0 Å². The van der Waals surface area contributed by atoms with Gasteiger partial charge in [0.2, 0.25) is 0 Å². The quantitative estimate of drug-likeness (QED) is 0.845. The Morgan fingerprint density at radius 3 is 2.45 bits per heavy atom. The third-order valence-corrected chi connectivity index (χ3v) is 3.60. The molecule has 0 radical (unpaired) electrons. The van der Waals surface area contributed by atoms with Gasteiger partial charge in [-0.15, -0.1) is 0 Å². The highest BCUT2D eigenvalue weighted by molar-refractivity contribution is 9.10. The molecule has 2 rings (SSSR count). The SMILES string of the molecule is COc1cccc(Oc2ccc(Br)cc2Cl)c1[C@H](C)N. The van der Waals surface area contributed by atoms with Crippen molar-refractivity contribution in [3.05, 3.63) is 51.5 Å². The Kier molecular flexibility index (Phi) is 4.91. The summed E-state index contributed by atoms with van der Waals surface area (Å²) in [5.41, 5.74) is 6.82. The number of halogens is 2. The average Bonchev–Trinajstić information content (AvgIpc) is 2.41. The molecule has 0 bridgehead atoms. The highest BCUT2D eigenvalue weighted by atomic mass is 79.9. The van der Waals surface area contributed by atoms with Gasteiger partial charge >= 0.3 is 0 Å². The second-order valence-electron chi connectivity index (χ2n) is 4.34. The van der Waals surface area contributed by atoms with Gasteiger partial charge in [0.25, 0.3) is 0 Å². The van der Waals surface area contributed by atoms with Crippen LogP contribution in [0.4, 0.5) is 0 Å². The molecule has 0 saturated heterocycles. The van der Waals surface area contributed by atoms with Crippen molar-refractivity contribution < 1.29 is 9.47 Å². The van der Waals surface area contributed by atoms with Crippen molar-refractivity contribution in [1.82, 2.24) is 0 Å². The second kappa shape index (κ2) is 6.48. The first-order valence-electron chi connectivity index (χ1n) is 6.08. The number of nitrogens with two attached hydrogens (primary N) is 1. The van der Waals surface area contributed by atoms with Crippen molar-refractivity contribution in [1.29, 1.82) is 0 Å². The van der Waals surface area contributed by atoms with E-state index in [0.29, 0.717) is 22.3 Å². The van der Waals surface area contributed by atoms with Crippen LogP contribution in [0.5, 0.6) is 17.2 Å². The Balaban J connectivity index is 2.43. The molecule has 3 nitrogen and oxygen atoms in total. The van der Waals surface area contributed by atoms with E-state index >= 15 is 0 Å². The van der Waals surface area contributed by atoms with Gasteiger partial charge in [0.15, 0.2) is 0 Å². The summed E-state index contributed by atoms with van der Waals surface area (Å²) in [5.74, 6) is 1.92. The Morgan fingerprint density at radius 2 is 1.85 bits per heavy atom. The topological polar surface area (TPSA) is 44.5 Å². The van der Waals surface area contributed by atoms with Gasteiger partial charge in [0.05, 0.1) is 17.7 Å². The van der Waals surface area contributed by atoms with Crippen molar-refractivity contribution >= 4 is 27.5 Å². The van der Waals surface area contributed by atoms with Crippen LogP contribution in [0.1, 0.15) is 18.5 Å². The van der Waals surface area contributed by atoms with E-state index in [4.69, 9.17) is 26.8 Å². The fourth-order valence-electron chi connectivity index (χ4n) is 1.92. The minimum atomic E-state index is -0.213. The zero-order chi connectivity index (χ0) is 14.7. The zero-order valence-electron chi connectivity index (χ0n) is 11.2. The van der Waals surface area contributed by atoms with Gasteiger partial charge in [-0.05, 0) is 37.3 Å². The summed E-state index contributed by atoms with van der Waals surface area (Å²) in [7, 11) is 1.61. The molecule has 0 spiro atoms. The number of benzene rings is 2. The molecule has 0 heterocycles. The summed E-state index contributed by atoms with van der Waals surface area (Å²) < 4.78 is 12.1. The van der Waals surface area contributed by atoms with E-state index in [1.807, 2.05) is 31.2 Å². The number of ether oxygens (including phenoxy) is 2. The van der Waals surface area contributed by atoms with Crippen molar-refractivity contribution in [3.63, 3.8) is 0 Å². The number of rotatable bonds is 4. The lowest BCUT2D eigenvalue weighted by molar-refractivity contribution is 0.397. The van der Waals surface area contributed by atoms with Gasteiger partial charge in [0.1, 0.15) is 17.2 Å². The summed E-state index contributed by atoms with van der Waals surface area (Å²) in [5, 5.41) is 0.526. The molecule has 20 heavy (non-hydrogen) atoms. The summed E-state index contributed by atoms with van der Waals surface area (Å²) >= 11 is 9.53. The van der Waals surface area contributed by atoms with Crippen LogP contribution in [-0.4, -0.2) is 7.11 Å². The summed E-state index contributed by atoms with van der Waals surface area (Å²) in [4.78, 5) is 0. The van der Waals surface area contributed by atoms with Crippen LogP contribution >= 0.6 is 27.5 Å². The Hall–Kier alpha value is -1.23. The van der Waals surface area contributed by atoms with E-state index < -0.39 is 0 Å². The fourth-order valence-corrected chi connectivity index (χ4v) is 2.63. The molecule has 106 valence electrons. The predicted molar refractivity (Wildman–Crippen MR) is 84.8 cm³/mol. The van der Waals surface area contributed by atoms with Crippen LogP contribution in [0.25, 0.3) is 0 Å². The fraction of sp³-hybridized carbons (Fsp3) is 0.200. The van der Waals surface area contributed by atoms with E-state index in [1.165, 1.54) is 0 Å². The molecular weight excluding hydrogens is 342 g/mol. The number of methoxy groups -OCH3 is 1. The Bertz CT molecular complexity index is 617. The lowest BCUT2D eigenvalue weighted by Gasteiger charge is -2.17. The van der Waals surface area contributed by atoms with Gasteiger partial charge in [0, 0.05) is 10.5 Å². The first kappa shape index (κ1) is 15.2. The maximum Gasteiger partial charge on any atom is 0.146 e. The molecule has 0 fully saturated rings. The first-order chi connectivity index (χ1) is 9.52. The van der Waals surface area contributed by atoms with E-state index in [2.05, 4.69) is 15.9 Å². The molecule has 0 aliphatic heterocycles. The zero-order valence-corrected chi connectivity index (χ0v) is 13.5. The molecule has 0 aromatic heterocycles. The third-order valence-electron chi connectivity index (χ3n) is 2.82. The van der Waals surface area contributed by atoms with Gasteiger partial charge in [-0.25, -0.2) is 0 Å². The molecule has 2 aromatic rings. The van der Waals surface area contributed by atoms with Crippen molar-refractivity contribution in [3.8, 4) is 17.2 Å². The monoisotopic (exact) mass is 355 g/mol. The standard InChI is InChI=1S/C15H15BrClNO2/c1-9(18)15-13(19-2)4-3-5-14(15)20-12-7-6-10(16)8-11(12)17/h3-9H,18H2,1-2H3/t9-/m0/s1. The van der Waals surface area contributed by atoms with Crippen LogP contribution in [-0.2, 0) is 0 Å². The molecule has 2 aromatic carbocycles. The Labute approximate surface area is 131 Å². The van der Waals surface area contributed by atoms with Gasteiger partial charge in [-0.2, -0.15) is 0 Å². The number of hydrogen-bond donors (Lipinski definition) is 1. The predicted octanol–water partition coefficient (Wildman–Crippen LogP) is 4.92. The second-order valence-corrected chi connectivity index (χ2v) is 5.66. The molecule has 0 unspecified atom stereocenters. The molecule has 2 N–H and O–H groups in total. The average molecular weight is 357 g/mol. The van der Waals surface area contributed by atoms with E-state index in [-0.39, 0.29) is 6.04 Å². The maximum atomic E-state index is 6.17. The minimum Gasteiger partial charge on any atom is -0.496 e. The molecule has 5 heteroatoms. The smallest absolute Gasteiger partial charge is 0.146 e. The normalized spacial score (nSPS) is 12.1. The van der Waals surface area contributed by atoms with Crippen LogP contribution < -0.4 is 15.2 Å². The van der Waals surface area contributed by atoms with Crippen molar-refractivity contribution in [2.24, 2.45) is 5.73 Å². The van der Waals surface area contributed by atoms with Gasteiger partial charge in [-0.3, -0.25) is 0 Å². The largest absolute Gasteiger partial charge is 0.496 e. The molecule has 0 saturated carbocycles. The number of hydrogen-bond acceptors (Lipinski definition) is 3. The third kappa shape index (κ3) is 3.26. The molecule has 0 aliphatic carbocycles. The molecule has 0 aliphatic rings. The molecule has 0 amide bonds. The van der Waals surface area contributed by atoms with Crippen molar-refractivity contribution in [2.45, 2.75) is 13.0 Å². The molecular formula is C15H15BrClNO2. The maximum absolute atomic E-state index is 6.17. The minimum absolute atomic E-state index is 0.213. The lowest BCUT2D eigenvalue weighted by atomic mass is 10.1. The summed E-state index contributed by atoms with van der Waals surface area (Å²) in [6.07, 6.45) is 0. The van der Waals surface area contributed by atoms with Crippen LogP contribution in [0.2, 0.25) is 5.02 Å². The Morgan fingerprint density at radius 1 is 1.15 bits per heavy atom. The first-order valence-corrected chi connectivity index (χ1v) is 7.25. The summed E-state index contributed by atoms with van der Waals surface area (Å²) in [6, 6.07) is 10.8. The van der Waals surface area contributed by atoms with Gasteiger partial charge < -0.3 is 15.2 Å². The molecule has 1 atom stereocenters. The highest BCUT2D eigenvalue weighted by Gasteiger charge is 2.15.